The van der Waals surface area contributed by atoms with E-state index >= 15 is 0 Å². The molecule has 1 N–H and O–H groups in total. The second-order valence-corrected chi connectivity index (χ2v) is 4.34. The number of para-hydroxylation sites is 1. The number of carbonyl (C=O) groups is 1. The Bertz CT molecular complexity index is 600. The lowest BCUT2D eigenvalue weighted by molar-refractivity contribution is -0.142. The summed E-state index contributed by atoms with van der Waals surface area (Å²) in [6.07, 6.45) is 0.376. The zero-order valence-corrected chi connectivity index (χ0v) is 10.5. The molecule has 2 heterocycles. The summed E-state index contributed by atoms with van der Waals surface area (Å²) in [7, 11) is 0. The van der Waals surface area contributed by atoms with Crippen LogP contribution in [0.4, 0.5) is 0 Å². The number of hydrogen-bond acceptors (Lipinski definition) is 6. The zero-order chi connectivity index (χ0) is 13.9. The summed E-state index contributed by atoms with van der Waals surface area (Å²) in [6.45, 7) is -0.429. The molecule has 104 valence electrons. The van der Waals surface area contributed by atoms with Gasteiger partial charge >= 0.3 is 5.97 Å². The molecule has 3 rings (SSSR count). The van der Waals surface area contributed by atoms with Crippen molar-refractivity contribution in [3.8, 4) is 5.75 Å². The van der Waals surface area contributed by atoms with Gasteiger partial charge in [-0.1, -0.05) is 18.2 Å². The van der Waals surface area contributed by atoms with Gasteiger partial charge in [0.2, 0.25) is 5.89 Å². The fraction of sp³-hybridized carbons (Fsp3) is 0.308. The SMILES string of the molecule is O=C(O)COCc1nnc(C2Cc3ccccc3O2)o1. The smallest absolute Gasteiger partial charge is 0.329 e. The maximum absolute atomic E-state index is 10.3. The average molecular weight is 276 g/mol. The van der Waals surface area contributed by atoms with Crippen LogP contribution in [0.25, 0.3) is 0 Å². The molecule has 0 saturated heterocycles. The van der Waals surface area contributed by atoms with Crippen LogP contribution in [-0.2, 0) is 22.6 Å². The third-order valence-corrected chi connectivity index (χ3v) is 2.86. The summed E-state index contributed by atoms with van der Waals surface area (Å²) in [5.74, 6) is 0.384. The molecule has 20 heavy (non-hydrogen) atoms. The molecular weight excluding hydrogens is 264 g/mol. The van der Waals surface area contributed by atoms with Crippen molar-refractivity contribution in [2.45, 2.75) is 19.1 Å². The summed E-state index contributed by atoms with van der Waals surface area (Å²) in [5, 5.41) is 16.2. The first kappa shape index (κ1) is 12.6. The van der Waals surface area contributed by atoms with Gasteiger partial charge in [-0.2, -0.15) is 0 Å². The second kappa shape index (κ2) is 5.30. The number of fused-ring (bicyclic) bond motifs is 1. The topological polar surface area (TPSA) is 94.7 Å². The molecule has 1 atom stereocenters. The summed E-state index contributed by atoms with van der Waals surface area (Å²) in [6, 6.07) is 7.73. The number of ether oxygens (including phenoxy) is 2. The van der Waals surface area contributed by atoms with Gasteiger partial charge in [0, 0.05) is 6.42 Å². The Morgan fingerprint density at radius 2 is 2.25 bits per heavy atom. The largest absolute Gasteiger partial charge is 0.480 e. The molecule has 0 saturated carbocycles. The maximum atomic E-state index is 10.3. The Labute approximate surface area is 114 Å². The van der Waals surface area contributed by atoms with Crippen LogP contribution < -0.4 is 4.74 Å². The number of aliphatic carboxylic acids is 1. The Hall–Kier alpha value is -2.41. The van der Waals surface area contributed by atoms with E-state index in [9.17, 15) is 4.79 Å². The fourth-order valence-corrected chi connectivity index (χ4v) is 2.00. The first-order chi connectivity index (χ1) is 9.72. The van der Waals surface area contributed by atoms with Gasteiger partial charge in [-0.05, 0) is 11.6 Å². The Kier molecular flexibility index (Phi) is 3.34. The molecule has 0 bridgehead atoms. The number of rotatable bonds is 5. The minimum Gasteiger partial charge on any atom is -0.480 e. The monoisotopic (exact) mass is 276 g/mol. The first-order valence-electron chi connectivity index (χ1n) is 6.09. The van der Waals surface area contributed by atoms with E-state index in [1.807, 2.05) is 24.3 Å². The van der Waals surface area contributed by atoms with Crippen molar-refractivity contribution in [3.63, 3.8) is 0 Å². The number of carboxylic acid groups (broad SMARTS) is 1. The van der Waals surface area contributed by atoms with Crippen LogP contribution in [0.15, 0.2) is 28.7 Å². The highest BCUT2D eigenvalue weighted by Crippen LogP contribution is 2.35. The highest BCUT2D eigenvalue weighted by Gasteiger charge is 2.28. The fourth-order valence-electron chi connectivity index (χ4n) is 2.00. The average Bonchev–Trinajstić information content (AvgIpc) is 3.03. The molecule has 0 spiro atoms. The lowest BCUT2D eigenvalue weighted by Gasteiger charge is -2.04. The van der Waals surface area contributed by atoms with E-state index in [0.717, 1.165) is 11.3 Å². The summed E-state index contributed by atoms with van der Waals surface area (Å²) >= 11 is 0. The van der Waals surface area contributed by atoms with Gasteiger partial charge < -0.3 is 19.0 Å². The molecule has 7 heteroatoms. The molecule has 0 radical (unpaired) electrons. The van der Waals surface area contributed by atoms with Crippen molar-refractivity contribution in [1.82, 2.24) is 10.2 Å². The molecule has 2 aromatic rings. The van der Waals surface area contributed by atoms with Crippen LogP contribution in [0.1, 0.15) is 23.4 Å². The Morgan fingerprint density at radius 1 is 1.40 bits per heavy atom. The standard InChI is InChI=1S/C13H12N2O5/c16-12(17)7-18-6-11-14-15-13(20-11)10-5-8-3-1-2-4-9(8)19-10/h1-4,10H,5-7H2,(H,16,17). The van der Waals surface area contributed by atoms with Crippen molar-refractivity contribution in [3.05, 3.63) is 41.6 Å². The molecule has 1 aliphatic rings. The molecule has 0 fully saturated rings. The number of carboxylic acids is 1. The van der Waals surface area contributed by atoms with E-state index in [1.54, 1.807) is 0 Å². The van der Waals surface area contributed by atoms with E-state index in [1.165, 1.54) is 0 Å². The molecule has 1 aromatic carbocycles. The summed E-state index contributed by atoms with van der Waals surface area (Å²) in [4.78, 5) is 10.3. The molecular formula is C13H12N2O5. The van der Waals surface area contributed by atoms with E-state index in [-0.39, 0.29) is 18.6 Å². The van der Waals surface area contributed by atoms with Gasteiger partial charge in [-0.3, -0.25) is 0 Å². The van der Waals surface area contributed by atoms with Gasteiger partial charge in [0.25, 0.3) is 5.89 Å². The zero-order valence-electron chi connectivity index (χ0n) is 10.5. The van der Waals surface area contributed by atoms with Crippen LogP contribution in [0.5, 0.6) is 5.75 Å². The van der Waals surface area contributed by atoms with Crippen molar-refractivity contribution >= 4 is 5.97 Å². The van der Waals surface area contributed by atoms with Gasteiger partial charge in [0.15, 0.2) is 6.10 Å². The van der Waals surface area contributed by atoms with E-state index in [2.05, 4.69) is 10.2 Å². The number of aromatic nitrogens is 2. The quantitative estimate of drug-likeness (QED) is 0.880. The molecule has 1 unspecified atom stereocenters. The molecule has 0 aliphatic carbocycles. The highest BCUT2D eigenvalue weighted by atomic mass is 16.5. The van der Waals surface area contributed by atoms with Gasteiger partial charge in [-0.15, -0.1) is 10.2 Å². The molecule has 1 aliphatic heterocycles. The summed E-state index contributed by atoms with van der Waals surface area (Å²) in [5.41, 5.74) is 1.10. The van der Waals surface area contributed by atoms with Crippen LogP contribution in [0, 0.1) is 0 Å². The van der Waals surface area contributed by atoms with Crippen LogP contribution in [0.2, 0.25) is 0 Å². The normalized spacial score (nSPS) is 16.7. The van der Waals surface area contributed by atoms with Crippen molar-refractivity contribution in [2.75, 3.05) is 6.61 Å². The minimum absolute atomic E-state index is 0.0288. The minimum atomic E-state index is -1.04. The second-order valence-electron chi connectivity index (χ2n) is 4.34. The van der Waals surface area contributed by atoms with Crippen molar-refractivity contribution in [1.29, 1.82) is 0 Å². The molecule has 7 nitrogen and oxygen atoms in total. The van der Waals surface area contributed by atoms with E-state index in [0.29, 0.717) is 12.3 Å². The number of benzene rings is 1. The van der Waals surface area contributed by atoms with Gasteiger partial charge in [-0.25, -0.2) is 4.79 Å². The number of hydrogen-bond donors (Lipinski definition) is 1. The Balaban J connectivity index is 1.62. The van der Waals surface area contributed by atoms with Crippen molar-refractivity contribution < 1.29 is 23.8 Å². The third-order valence-electron chi connectivity index (χ3n) is 2.86. The number of nitrogens with zero attached hydrogens (tertiary/aromatic N) is 2. The highest BCUT2D eigenvalue weighted by molar-refractivity contribution is 5.67. The predicted molar refractivity (Wildman–Crippen MR) is 65.1 cm³/mol. The maximum Gasteiger partial charge on any atom is 0.329 e. The van der Waals surface area contributed by atoms with Crippen LogP contribution in [-0.4, -0.2) is 27.9 Å². The summed E-state index contributed by atoms with van der Waals surface area (Å²) < 4.78 is 16.0. The van der Waals surface area contributed by atoms with Crippen LogP contribution in [0.3, 0.4) is 0 Å². The van der Waals surface area contributed by atoms with Gasteiger partial charge in [0.1, 0.15) is 19.0 Å². The predicted octanol–water partition coefficient (Wildman–Crippen LogP) is 1.35. The van der Waals surface area contributed by atoms with E-state index < -0.39 is 12.6 Å². The molecule has 0 amide bonds. The van der Waals surface area contributed by atoms with Crippen molar-refractivity contribution in [2.24, 2.45) is 0 Å². The van der Waals surface area contributed by atoms with Gasteiger partial charge in [0.05, 0.1) is 0 Å². The lowest BCUT2D eigenvalue weighted by atomic mass is 10.1. The van der Waals surface area contributed by atoms with E-state index in [4.69, 9.17) is 19.0 Å². The third kappa shape index (κ3) is 2.62. The lowest BCUT2D eigenvalue weighted by Crippen LogP contribution is -2.06. The molecule has 1 aromatic heterocycles. The van der Waals surface area contributed by atoms with Crippen LogP contribution >= 0.6 is 0 Å². The first-order valence-corrected chi connectivity index (χ1v) is 6.09. The Morgan fingerprint density at radius 3 is 3.05 bits per heavy atom.